The van der Waals surface area contributed by atoms with E-state index in [9.17, 15) is 9.18 Å². The van der Waals surface area contributed by atoms with Crippen LogP contribution in [0.5, 0.6) is 0 Å². The Labute approximate surface area is 149 Å². The number of fused-ring (bicyclic) bond motifs is 1. The predicted octanol–water partition coefficient (Wildman–Crippen LogP) is 2.27. The van der Waals surface area contributed by atoms with Gasteiger partial charge in [-0.2, -0.15) is 0 Å². The van der Waals surface area contributed by atoms with Gasteiger partial charge in [-0.05, 0) is 31.2 Å². The molecule has 0 aromatic carbocycles. The number of carbonyl (C=O) groups excluding carboxylic acids is 1. The van der Waals surface area contributed by atoms with Crippen LogP contribution < -0.4 is 10.2 Å². The van der Waals surface area contributed by atoms with Crippen molar-refractivity contribution in [1.82, 2.24) is 14.4 Å². The zero-order valence-electron chi connectivity index (χ0n) is 14.3. The maximum Gasteiger partial charge on any atom is 0.274 e. The Balaban J connectivity index is 1.55. The lowest BCUT2D eigenvalue weighted by Crippen LogP contribution is -2.36. The van der Waals surface area contributed by atoms with Crippen molar-refractivity contribution >= 4 is 23.1 Å². The number of amides is 1. The Morgan fingerprint density at radius 1 is 1.23 bits per heavy atom. The van der Waals surface area contributed by atoms with Crippen LogP contribution >= 0.6 is 0 Å². The fraction of sp³-hybridized carbons (Fsp3) is 0.278. The van der Waals surface area contributed by atoms with Gasteiger partial charge in [-0.15, -0.1) is 0 Å². The third-order valence-corrected chi connectivity index (χ3v) is 4.31. The molecule has 26 heavy (non-hydrogen) atoms. The summed E-state index contributed by atoms with van der Waals surface area (Å²) >= 11 is 0. The minimum atomic E-state index is -0.430. The van der Waals surface area contributed by atoms with Gasteiger partial charge in [-0.1, -0.05) is 0 Å². The molecule has 134 valence electrons. The number of rotatable bonds is 3. The summed E-state index contributed by atoms with van der Waals surface area (Å²) in [5, 5.41) is 2.80. The molecule has 0 atom stereocenters. The number of halogens is 1. The summed E-state index contributed by atoms with van der Waals surface area (Å²) in [6.07, 6.45) is 2.87. The largest absolute Gasteiger partial charge is 0.378 e. The minimum Gasteiger partial charge on any atom is -0.378 e. The van der Waals surface area contributed by atoms with E-state index in [4.69, 9.17) is 4.74 Å². The first-order valence-electron chi connectivity index (χ1n) is 8.36. The Hall–Kier alpha value is -3.00. The predicted molar refractivity (Wildman–Crippen MR) is 95.1 cm³/mol. The van der Waals surface area contributed by atoms with Crippen molar-refractivity contribution in [2.75, 3.05) is 36.5 Å². The molecule has 1 fully saturated rings. The van der Waals surface area contributed by atoms with E-state index in [1.54, 1.807) is 19.2 Å². The Kier molecular flexibility index (Phi) is 4.26. The van der Waals surface area contributed by atoms with Crippen molar-refractivity contribution in [3.63, 3.8) is 0 Å². The second-order valence-corrected chi connectivity index (χ2v) is 6.08. The first-order valence-corrected chi connectivity index (χ1v) is 8.36. The van der Waals surface area contributed by atoms with Gasteiger partial charge in [-0.3, -0.25) is 9.20 Å². The van der Waals surface area contributed by atoms with E-state index >= 15 is 0 Å². The van der Waals surface area contributed by atoms with Crippen LogP contribution in [0.2, 0.25) is 0 Å². The number of imidazole rings is 1. The first-order chi connectivity index (χ1) is 12.6. The van der Waals surface area contributed by atoms with Crippen LogP contribution in [0.4, 0.5) is 15.9 Å². The SMILES string of the molecule is Cc1nc2ccc(F)cn2c1C(=O)Nc1ccc(N2CCOCC2)nc1. The summed E-state index contributed by atoms with van der Waals surface area (Å²) in [6.45, 7) is 4.69. The van der Waals surface area contributed by atoms with Gasteiger partial charge in [0.25, 0.3) is 5.91 Å². The molecule has 0 aliphatic carbocycles. The molecule has 0 radical (unpaired) electrons. The summed E-state index contributed by atoms with van der Waals surface area (Å²) in [7, 11) is 0. The highest BCUT2D eigenvalue weighted by atomic mass is 19.1. The highest BCUT2D eigenvalue weighted by molar-refractivity contribution is 6.04. The molecule has 4 heterocycles. The first kappa shape index (κ1) is 16.5. The molecule has 1 amide bonds. The number of hydrogen-bond donors (Lipinski definition) is 1. The van der Waals surface area contributed by atoms with E-state index in [2.05, 4.69) is 20.2 Å². The molecule has 1 aliphatic rings. The molecule has 4 rings (SSSR count). The van der Waals surface area contributed by atoms with Gasteiger partial charge in [0, 0.05) is 19.3 Å². The standard InChI is InChI=1S/C18H18FN5O2/c1-12-17(24-11-13(19)2-4-16(24)21-12)18(25)22-14-3-5-15(20-10-14)23-6-8-26-9-7-23/h2-5,10-11H,6-9H2,1H3,(H,22,25). The number of nitrogens with one attached hydrogen (secondary N) is 1. The van der Waals surface area contributed by atoms with Crippen LogP contribution in [0.25, 0.3) is 5.65 Å². The van der Waals surface area contributed by atoms with Crippen molar-refractivity contribution in [2.24, 2.45) is 0 Å². The monoisotopic (exact) mass is 355 g/mol. The molecule has 0 bridgehead atoms. The Morgan fingerprint density at radius 2 is 2.04 bits per heavy atom. The molecule has 1 saturated heterocycles. The summed E-state index contributed by atoms with van der Waals surface area (Å²) in [6, 6.07) is 6.52. The summed E-state index contributed by atoms with van der Waals surface area (Å²) < 4.78 is 20.3. The van der Waals surface area contributed by atoms with Gasteiger partial charge in [0.1, 0.15) is 23.0 Å². The van der Waals surface area contributed by atoms with Gasteiger partial charge in [0.2, 0.25) is 0 Å². The number of pyridine rings is 2. The number of anilines is 2. The second kappa shape index (κ2) is 6.72. The van der Waals surface area contributed by atoms with Gasteiger partial charge in [0.05, 0.1) is 30.8 Å². The molecule has 0 spiro atoms. The Bertz CT molecular complexity index is 948. The van der Waals surface area contributed by atoms with Crippen molar-refractivity contribution in [2.45, 2.75) is 6.92 Å². The van der Waals surface area contributed by atoms with Crippen LogP contribution in [-0.4, -0.2) is 46.6 Å². The molecule has 3 aromatic heterocycles. The average molecular weight is 355 g/mol. The third-order valence-electron chi connectivity index (χ3n) is 4.31. The summed E-state index contributed by atoms with van der Waals surface area (Å²) in [4.78, 5) is 23.5. The zero-order valence-corrected chi connectivity index (χ0v) is 14.3. The molecular weight excluding hydrogens is 337 g/mol. The molecule has 0 unspecified atom stereocenters. The van der Waals surface area contributed by atoms with Crippen LogP contribution in [0, 0.1) is 12.7 Å². The lowest BCUT2D eigenvalue weighted by atomic mass is 10.3. The topological polar surface area (TPSA) is 71.8 Å². The van der Waals surface area contributed by atoms with Gasteiger partial charge < -0.3 is 15.0 Å². The molecular formula is C18H18FN5O2. The van der Waals surface area contributed by atoms with E-state index in [-0.39, 0.29) is 5.91 Å². The highest BCUT2D eigenvalue weighted by Crippen LogP contribution is 2.18. The number of hydrogen-bond acceptors (Lipinski definition) is 5. The lowest BCUT2D eigenvalue weighted by Gasteiger charge is -2.27. The van der Waals surface area contributed by atoms with E-state index in [1.807, 2.05) is 6.07 Å². The highest BCUT2D eigenvalue weighted by Gasteiger charge is 2.18. The minimum absolute atomic E-state index is 0.303. The Morgan fingerprint density at radius 3 is 2.77 bits per heavy atom. The van der Waals surface area contributed by atoms with Gasteiger partial charge in [0.15, 0.2) is 0 Å². The van der Waals surface area contributed by atoms with Crippen molar-refractivity contribution in [3.05, 3.63) is 53.9 Å². The van der Waals surface area contributed by atoms with Crippen LogP contribution in [0.3, 0.4) is 0 Å². The number of aromatic nitrogens is 3. The molecule has 1 N–H and O–H groups in total. The number of morpholine rings is 1. The van der Waals surface area contributed by atoms with E-state index in [0.717, 1.165) is 18.9 Å². The van der Waals surface area contributed by atoms with Crippen molar-refractivity contribution < 1.29 is 13.9 Å². The second-order valence-electron chi connectivity index (χ2n) is 6.08. The number of nitrogens with zero attached hydrogens (tertiary/aromatic N) is 4. The van der Waals surface area contributed by atoms with E-state index in [0.29, 0.717) is 35.9 Å². The summed E-state index contributed by atoms with van der Waals surface area (Å²) in [5.74, 6) is 0.0568. The average Bonchev–Trinajstić information content (AvgIpc) is 2.98. The maximum absolute atomic E-state index is 13.5. The van der Waals surface area contributed by atoms with E-state index in [1.165, 1.54) is 22.7 Å². The number of carbonyl (C=O) groups is 1. The van der Waals surface area contributed by atoms with Crippen molar-refractivity contribution in [3.8, 4) is 0 Å². The van der Waals surface area contributed by atoms with Crippen LogP contribution in [0.15, 0.2) is 36.7 Å². The fourth-order valence-corrected chi connectivity index (χ4v) is 3.04. The van der Waals surface area contributed by atoms with E-state index < -0.39 is 5.82 Å². The van der Waals surface area contributed by atoms with Crippen LogP contribution in [-0.2, 0) is 4.74 Å². The number of ether oxygens (including phenoxy) is 1. The van der Waals surface area contributed by atoms with Gasteiger partial charge >= 0.3 is 0 Å². The number of aryl methyl sites for hydroxylation is 1. The van der Waals surface area contributed by atoms with Crippen molar-refractivity contribution in [1.29, 1.82) is 0 Å². The quantitative estimate of drug-likeness (QED) is 0.780. The third kappa shape index (κ3) is 3.11. The molecule has 3 aromatic rings. The lowest BCUT2D eigenvalue weighted by molar-refractivity contribution is 0.102. The molecule has 8 heteroatoms. The summed E-state index contributed by atoms with van der Waals surface area (Å²) in [5.41, 5.74) is 1.93. The van der Waals surface area contributed by atoms with Crippen LogP contribution in [0.1, 0.15) is 16.2 Å². The zero-order chi connectivity index (χ0) is 18.1. The normalized spacial score (nSPS) is 14.6. The van der Waals surface area contributed by atoms with Gasteiger partial charge in [-0.25, -0.2) is 14.4 Å². The molecule has 0 saturated carbocycles. The smallest absolute Gasteiger partial charge is 0.274 e. The maximum atomic E-state index is 13.5. The molecule has 7 nitrogen and oxygen atoms in total. The molecule has 1 aliphatic heterocycles. The fourth-order valence-electron chi connectivity index (χ4n) is 3.04.